The lowest BCUT2D eigenvalue weighted by atomic mass is 9.57. The summed E-state index contributed by atoms with van der Waals surface area (Å²) in [5.41, 5.74) is 3.03. The molecule has 3 aliphatic carbocycles. The molecule has 0 aromatic heterocycles. The van der Waals surface area contributed by atoms with Crippen LogP contribution in [0.4, 0.5) is 0 Å². The molecule has 0 amide bonds. The molecule has 2 bridgehead atoms. The number of methoxy groups -OCH3 is 1. The lowest BCUT2D eigenvalue weighted by Crippen LogP contribution is -2.40. The number of carbonyl (C=O) groups is 1. The molecule has 0 heterocycles. The number of allylic oxidation sites excluding steroid dienone is 3. The molecule has 0 aromatic rings. The molecule has 3 aliphatic rings. The van der Waals surface area contributed by atoms with Gasteiger partial charge in [0.25, 0.3) is 0 Å². The highest BCUT2D eigenvalue weighted by Gasteiger charge is 2.45. The van der Waals surface area contributed by atoms with Crippen LogP contribution in [0.5, 0.6) is 0 Å². The fourth-order valence-corrected chi connectivity index (χ4v) is 4.69. The highest BCUT2D eigenvalue weighted by atomic mass is 16.5. The highest BCUT2D eigenvalue weighted by molar-refractivity contribution is 5.86. The lowest BCUT2D eigenvalue weighted by Gasteiger charge is -2.46. The SMILES string of the molecule is CCC[C@@H](C)[C@](C)(CC/C(C)=C/COC)C1=C[C@@H]2CC[C@H]1C(=O)C2. The topological polar surface area (TPSA) is 26.3 Å². The van der Waals surface area contributed by atoms with E-state index in [1.54, 1.807) is 7.11 Å². The second-order valence-electron chi connectivity index (χ2n) is 8.30. The first-order valence-corrected chi connectivity index (χ1v) is 9.81. The zero-order valence-electron chi connectivity index (χ0n) is 16.4. The maximum absolute atomic E-state index is 12.5. The van der Waals surface area contributed by atoms with Crippen LogP contribution in [0.1, 0.15) is 72.6 Å². The van der Waals surface area contributed by atoms with Crippen molar-refractivity contribution in [2.45, 2.75) is 72.6 Å². The second-order valence-corrected chi connectivity index (χ2v) is 8.30. The van der Waals surface area contributed by atoms with Crippen molar-refractivity contribution in [2.24, 2.45) is 23.2 Å². The van der Waals surface area contributed by atoms with Crippen molar-refractivity contribution in [1.82, 2.24) is 0 Å². The molecule has 0 spiro atoms. The molecule has 0 aromatic carbocycles. The molecule has 1 fully saturated rings. The van der Waals surface area contributed by atoms with Crippen molar-refractivity contribution >= 4 is 5.78 Å². The van der Waals surface area contributed by atoms with E-state index in [9.17, 15) is 4.79 Å². The van der Waals surface area contributed by atoms with E-state index in [0.717, 1.165) is 25.7 Å². The van der Waals surface area contributed by atoms with Gasteiger partial charge in [-0.25, -0.2) is 0 Å². The van der Waals surface area contributed by atoms with Crippen molar-refractivity contribution < 1.29 is 9.53 Å². The maximum Gasteiger partial charge on any atom is 0.140 e. The number of carbonyl (C=O) groups excluding carboxylic acids is 1. The minimum absolute atomic E-state index is 0.150. The highest BCUT2D eigenvalue weighted by Crippen LogP contribution is 2.52. The van der Waals surface area contributed by atoms with Crippen molar-refractivity contribution in [3.05, 3.63) is 23.3 Å². The third-order valence-electron chi connectivity index (χ3n) is 6.57. The molecule has 24 heavy (non-hydrogen) atoms. The van der Waals surface area contributed by atoms with Gasteiger partial charge in [0.2, 0.25) is 0 Å². The van der Waals surface area contributed by atoms with Gasteiger partial charge in [0.05, 0.1) is 6.61 Å². The van der Waals surface area contributed by atoms with Crippen LogP contribution in [-0.4, -0.2) is 19.5 Å². The average molecular weight is 333 g/mol. The molecule has 2 nitrogen and oxygen atoms in total. The normalized spacial score (nSPS) is 27.8. The van der Waals surface area contributed by atoms with E-state index < -0.39 is 0 Å². The Bertz CT molecular complexity index is 502. The standard InChI is InChI=1S/C22H36O2/c1-6-7-17(3)22(4,12-10-16(2)11-13-24-5)20-14-18-8-9-19(20)21(23)15-18/h11,14,17-19H,6-10,12-13,15H2,1-5H3/b16-11+/t17-,18+,19-,22+/m1/s1. The van der Waals surface area contributed by atoms with E-state index in [4.69, 9.17) is 4.74 Å². The first kappa shape index (κ1) is 19.4. The number of rotatable bonds is 9. The molecule has 2 heteroatoms. The third kappa shape index (κ3) is 4.20. The van der Waals surface area contributed by atoms with Crippen LogP contribution in [0.3, 0.4) is 0 Å². The number of Topliss-reactive ketones (excluding diaryl/α,β-unsaturated/α-hetero) is 1. The van der Waals surface area contributed by atoms with E-state index in [2.05, 4.69) is 39.8 Å². The van der Waals surface area contributed by atoms with Crippen molar-refractivity contribution in [3.8, 4) is 0 Å². The van der Waals surface area contributed by atoms with Gasteiger partial charge in [0.1, 0.15) is 5.78 Å². The Morgan fingerprint density at radius 1 is 1.46 bits per heavy atom. The first-order valence-electron chi connectivity index (χ1n) is 9.81. The number of ketones is 1. The van der Waals surface area contributed by atoms with Crippen LogP contribution in [0.25, 0.3) is 0 Å². The molecule has 4 atom stereocenters. The van der Waals surface area contributed by atoms with Crippen molar-refractivity contribution in [1.29, 1.82) is 0 Å². The Hall–Kier alpha value is -0.890. The largest absolute Gasteiger partial charge is 0.381 e. The quantitative estimate of drug-likeness (QED) is 0.504. The fraction of sp³-hybridized carbons (Fsp3) is 0.773. The summed E-state index contributed by atoms with van der Waals surface area (Å²) >= 11 is 0. The Balaban J connectivity index is 2.22. The summed E-state index contributed by atoms with van der Waals surface area (Å²) in [6.07, 6.45) is 12.5. The van der Waals surface area contributed by atoms with Gasteiger partial charge in [-0.05, 0) is 49.9 Å². The average Bonchev–Trinajstić information content (AvgIpc) is 2.58. The van der Waals surface area contributed by atoms with Crippen LogP contribution in [0, 0.1) is 23.2 Å². The molecule has 0 N–H and O–H groups in total. The summed E-state index contributed by atoms with van der Waals surface area (Å²) in [7, 11) is 1.74. The molecular formula is C22H36O2. The lowest BCUT2D eigenvalue weighted by molar-refractivity contribution is -0.125. The number of ether oxygens (including phenoxy) is 1. The summed E-state index contributed by atoms with van der Waals surface area (Å²) in [5.74, 6) is 1.85. The van der Waals surface area contributed by atoms with E-state index >= 15 is 0 Å². The van der Waals surface area contributed by atoms with Gasteiger partial charge in [0.15, 0.2) is 0 Å². The Morgan fingerprint density at radius 2 is 2.21 bits per heavy atom. The Kier molecular flexibility index (Phi) is 6.86. The minimum Gasteiger partial charge on any atom is -0.381 e. The van der Waals surface area contributed by atoms with Crippen LogP contribution >= 0.6 is 0 Å². The van der Waals surface area contributed by atoms with Crippen LogP contribution in [0.2, 0.25) is 0 Å². The molecule has 3 rings (SSSR count). The summed E-state index contributed by atoms with van der Waals surface area (Å²) in [6, 6.07) is 0. The zero-order chi connectivity index (χ0) is 17.7. The third-order valence-corrected chi connectivity index (χ3v) is 6.57. The molecule has 0 radical (unpaired) electrons. The van der Waals surface area contributed by atoms with Crippen LogP contribution in [-0.2, 0) is 9.53 Å². The van der Waals surface area contributed by atoms with E-state index in [-0.39, 0.29) is 11.3 Å². The molecule has 1 saturated carbocycles. The first-order chi connectivity index (χ1) is 11.4. The molecule has 0 aliphatic heterocycles. The van der Waals surface area contributed by atoms with E-state index in [1.807, 2.05) is 0 Å². The van der Waals surface area contributed by atoms with E-state index in [0.29, 0.717) is 24.2 Å². The van der Waals surface area contributed by atoms with Crippen molar-refractivity contribution in [3.63, 3.8) is 0 Å². The van der Waals surface area contributed by atoms with Gasteiger partial charge in [-0.15, -0.1) is 0 Å². The fourth-order valence-electron chi connectivity index (χ4n) is 4.69. The van der Waals surface area contributed by atoms with Gasteiger partial charge < -0.3 is 4.74 Å². The molecular weight excluding hydrogens is 296 g/mol. The maximum atomic E-state index is 12.5. The summed E-state index contributed by atoms with van der Waals surface area (Å²) in [6.45, 7) is 9.99. The molecule has 0 saturated heterocycles. The Morgan fingerprint density at radius 3 is 2.79 bits per heavy atom. The van der Waals surface area contributed by atoms with Gasteiger partial charge in [0, 0.05) is 19.4 Å². The predicted molar refractivity (Wildman–Crippen MR) is 101 cm³/mol. The van der Waals surface area contributed by atoms with Gasteiger partial charge >= 0.3 is 0 Å². The Labute approximate surface area is 148 Å². The van der Waals surface area contributed by atoms with Crippen LogP contribution in [0.15, 0.2) is 23.3 Å². The molecule has 136 valence electrons. The number of hydrogen-bond donors (Lipinski definition) is 0. The summed E-state index contributed by atoms with van der Waals surface area (Å²) in [5, 5.41) is 0. The number of hydrogen-bond acceptors (Lipinski definition) is 2. The van der Waals surface area contributed by atoms with Gasteiger partial charge in [-0.3, -0.25) is 4.79 Å². The smallest absolute Gasteiger partial charge is 0.140 e. The van der Waals surface area contributed by atoms with Crippen LogP contribution < -0.4 is 0 Å². The van der Waals surface area contributed by atoms with Gasteiger partial charge in [-0.1, -0.05) is 56.9 Å². The van der Waals surface area contributed by atoms with Crippen molar-refractivity contribution in [2.75, 3.05) is 13.7 Å². The number of fused-ring (bicyclic) bond motifs is 2. The second kappa shape index (κ2) is 8.47. The summed E-state index contributed by atoms with van der Waals surface area (Å²) < 4.78 is 5.17. The van der Waals surface area contributed by atoms with E-state index in [1.165, 1.54) is 30.4 Å². The minimum atomic E-state index is 0.150. The molecule has 0 unspecified atom stereocenters. The monoisotopic (exact) mass is 332 g/mol. The van der Waals surface area contributed by atoms with Gasteiger partial charge in [-0.2, -0.15) is 0 Å². The summed E-state index contributed by atoms with van der Waals surface area (Å²) in [4.78, 5) is 12.5. The zero-order valence-corrected chi connectivity index (χ0v) is 16.4. The predicted octanol–water partition coefficient (Wildman–Crippen LogP) is 5.73.